The molecule has 0 saturated carbocycles. The fraction of sp³-hybridized carbons (Fsp3) is 0.314. The summed E-state index contributed by atoms with van der Waals surface area (Å²) in [5.41, 5.74) is 19.8. The summed E-state index contributed by atoms with van der Waals surface area (Å²) in [5.74, 6) is 0. The Kier molecular flexibility index (Phi) is 7.31. The second-order valence-electron chi connectivity index (χ2n) is 10.6. The van der Waals surface area contributed by atoms with E-state index in [1.165, 1.54) is 77.9 Å². The second kappa shape index (κ2) is 10.2. The highest BCUT2D eigenvalue weighted by Gasteiger charge is 2.15. The molecule has 0 aliphatic rings. The lowest BCUT2D eigenvalue weighted by Gasteiger charge is -2.20. The van der Waals surface area contributed by atoms with Crippen LogP contribution in [-0.2, 0) is 19.3 Å². The van der Waals surface area contributed by atoms with Gasteiger partial charge in [-0.15, -0.1) is 0 Å². The van der Waals surface area contributed by atoms with E-state index in [1.807, 2.05) is 0 Å². The van der Waals surface area contributed by atoms with Crippen molar-refractivity contribution in [1.29, 1.82) is 0 Å². The van der Waals surface area contributed by atoms with Crippen molar-refractivity contribution in [3.63, 3.8) is 0 Å². The van der Waals surface area contributed by atoms with Crippen LogP contribution >= 0.6 is 0 Å². The molecule has 35 heavy (non-hydrogen) atoms. The first kappa shape index (κ1) is 25.0. The Bertz CT molecular complexity index is 1240. The van der Waals surface area contributed by atoms with Gasteiger partial charge >= 0.3 is 0 Å². The molecule has 0 saturated heterocycles. The summed E-state index contributed by atoms with van der Waals surface area (Å²) in [4.78, 5) is 0. The minimum Gasteiger partial charge on any atom is -0.0590 e. The Morgan fingerprint density at radius 2 is 0.629 bits per heavy atom. The number of aryl methyl sites for hydroxylation is 2. The van der Waals surface area contributed by atoms with Crippen molar-refractivity contribution in [1.82, 2.24) is 0 Å². The summed E-state index contributed by atoms with van der Waals surface area (Å²) in [7, 11) is 0. The topological polar surface area (TPSA) is 0 Å². The van der Waals surface area contributed by atoms with Crippen molar-refractivity contribution in [3.8, 4) is 0 Å². The quantitative estimate of drug-likeness (QED) is 0.269. The Morgan fingerprint density at radius 3 is 0.943 bits per heavy atom. The van der Waals surface area contributed by atoms with Crippen LogP contribution in [0, 0.1) is 55.4 Å². The fourth-order valence-corrected chi connectivity index (χ4v) is 5.17. The first-order valence-electron chi connectivity index (χ1n) is 12.9. The molecule has 0 atom stereocenters. The van der Waals surface area contributed by atoms with E-state index in [4.69, 9.17) is 0 Å². The highest BCUT2D eigenvalue weighted by atomic mass is 14.2. The molecule has 0 fully saturated rings. The minimum atomic E-state index is 0.988. The fourth-order valence-electron chi connectivity index (χ4n) is 5.17. The van der Waals surface area contributed by atoms with E-state index in [0.717, 1.165) is 19.3 Å². The molecule has 0 heterocycles. The standard InChI is InChI=1S/C35H40/c1-22-9-13-30(14-10-22)17-32-19-34(28(7)24(3)26(32)5)21-35-20-33(27(6)25(4)29(35)8)18-31-15-11-23(2)12-16-31/h9-16,19-20H,17-18,21H2,1-8H3. The van der Waals surface area contributed by atoms with Crippen LogP contribution < -0.4 is 0 Å². The summed E-state index contributed by atoms with van der Waals surface area (Å²) < 4.78 is 0. The molecule has 0 aliphatic heterocycles. The van der Waals surface area contributed by atoms with Gasteiger partial charge in [0.25, 0.3) is 0 Å². The summed E-state index contributed by atoms with van der Waals surface area (Å²) in [6.45, 7) is 18.1. The zero-order valence-corrected chi connectivity index (χ0v) is 22.9. The molecule has 0 aliphatic carbocycles. The van der Waals surface area contributed by atoms with Crippen LogP contribution in [0.3, 0.4) is 0 Å². The smallest absolute Gasteiger partial charge is 0.00201 e. The van der Waals surface area contributed by atoms with Crippen LogP contribution in [-0.4, -0.2) is 0 Å². The first-order chi connectivity index (χ1) is 16.6. The van der Waals surface area contributed by atoms with Crippen molar-refractivity contribution < 1.29 is 0 Å². The monoisotopic (exact) mass is 460 g/mol. The number of hydrogen-bond donors (Lipinski definition) is 0. The van der Waals surface area contributed by atoms with Gasteiger partial charge in [-0.05, 0) is 141 Å². The average Bonchev–Trinajstić information content (AvgIpc) is 2.84. The average molecular weight is 461 g/mol. The minimum absolute atomic E-state index is 0.988. The van der Waals surface area contributed by atoms with Crippen molar-refractivity contribution in [2.24, 2.45) is 0 Å². The molecule has 4 aromatic carbocycles. The lowest BCUT2D eigenvalue weighted by Crippen LogP contribution is -2.06. The van der Waals surface area contributed by atoms with Gasteiger partial charge in [0.15, 0.2) is 0 Å². The van der Waals surface area contributed by atoms with E-state index in [0.29, 0.717) is 0 Å². The van der Waals surface area contributed by atoms with Crippen LogP contribution in [0.2, 0.25) is 0 Å². The maximum absolute atomic E-state index is 2.48. The molecular weight excluding hydrogens is 420 g/mol. The Labute approximate surface area is 213 Å². The number of rotatable bonds is 6. The summed E-state index contributed by atoms with van der Waals surface area (Å²) in [6, 6.07) is 22.9. The molecule has 0 aromatic heterocycles. The molecule has 0 radical (unpaired) electrons. The van der Waals surface area contributed by atoms with E-state index in [1.54, 1.807) is 0 Å². The SMILES string of the molecule is Cc1ccc(Cc2cc(Cc3cc(Cc4ccc(C)cc4)c(C)c(C)c3C)c(C)c(C)c2C)cc1. The molecule has 0 unspecified atom stereocenters. The molecule has 0 spiro atoms. The van der Waals surface area contributed by atoms with Crippen LogP contribution in [0.15, 0.2) is 60.7 Å². The maximum Gasteiger partial charge on any atom is -0.00201 e. The lowest BCUT2D eigenvalue weighted by molar-refractivity contribution is 1.03. The molecule has 0 amide bonds. The second-order valence-corrected chi connectivity index (χ2v) is 10.6. The molecule has 0 bridgehead atoms. The summed E-state index contributed by atoms with van der Waals surface area (Å²) >= 11 is 0. The van der Waals surface area contributed by atoms with Crippen molar-refractivity contribution >= 4 is 0 Å². The van der Waals surface area contributed by atoms with Gasteiger partial charge in [0.1, 0.15) is 0 Å². The normalized spacial score (nSPS) is 11.2. The molecule has 0 heteroatoms. The van der Waals surface area contributed by atoms with Gasteiger partial charge < -0.3 is 0 Å². The third-order valence-electron chi connectivity index (χ3n) is 8.28. The highest BCUT2D eigenvalue weighted by molar-refractivity contribution is 5.51. The zero-order valence-electron chi connectivity index (χ0n) is 22.9. The van der Waals surface area contributed by atoms with Gasteiger partial charge in [-0.1, -0.05) is 71.8 Å². The van der Waals surface area contributed by atoms with Gasteiger partial charge in [-0.25, -0.2) is 0 Å². The molecule has 180 valence electrons. The van der Waals surface area contributed by atoms with Crippen LogP contribution in [0.25, 0.3) is 0 Å². The van der Waals surface area contributed by atoms with E-state index < -0.39 is 0 Å². The molecular formula is C35H40. The molecule has 4 rings (SSSR count). The Morgan fingerprint density at radius 1 is 0.343 bits per heavy atom. The summed E-state index contributed by atoms with van der Waals surface area (Å²) in [5, 5.41) is 0. The molecule has 0 nitrogen and oxygen atoms in total. The van der Waals surface area contributed by atoms with E-state index in [9.17, 15) is 0 Å². The van der Waals surface area contributed by atoms with Crippen LogP contribution in [0.5, 0.6) is 0 Å². The Balaban J connectivity index is 1.70. The third-order valence-corrected chi connectivity index (χ3v) is 8.28. The van der Waals surface area contributed by atoms with E-state index in [-0.39, 0.29) is 0 Å². The summed E-state index contributed by atoms with van der Waals surface area (Å²) in [6.07, 6.45) is 2.97. The first-order valence-corrected chi connectivity index (χ1v) is 12.9. The highest BCUT2D eigenvalue weighted by Crippen LogP contribution is 2.30. The predicted octanol–water partition coefficient (Wildman–Crippen LogP) is 8.93. The number of hydrogen-bond acceptors (Lipinski definition) is 0. The Hall–Kier alpha value is -3.12. The van der Waals surface area contributed by atoms with Gasteiger partial charge in [-0.3, -0.25) is 0 Å². The van der Waals surface area contributed by atoms with Crippen molar-refractivity contribution in [2.45, 2.75) is 74.7 Å². The third kappa shape index (κ3) is 5.43. The molecule has 4 aromatic rings. The van der Waals surface area contributed by atoms with Gasteiger partial charge in [0, 0.05) is 0 Å². The van der Waals surface area contributed by atoms with Crippen molar-refractivity contribution in [3.05, 3.63) is 139 Å². The molecule has 0 N–H and O–H groups in total. The van der Waals surface area contributed by atoms with Gasteiger partial charge in [-0.2, -0.15) is 0 Å². The van der Waals surface area contributed by atoms with Crippen LogP contribution in [0.4, 0.5) is 0 Å². The largest absolute Gasteiger partial charge is 0.0590 e. The lowest BCUT2D eigenvalue weighted by atomic mass is 9.85. The predicted molar refractivity (Wildman–Crippen MR) is 152 cm³/mol. The van der Waals surface area contributed by atoms with E-state index in [2.05, 4.69) is 116 Å². The van der Waals surface area contributed by atoms with Crippen LogP contribution in [0.1, 0.15) is 77.9 Å². The van der Waals surface area contributed by atoms with E-state index >= 15 is 0 Å². The number of benzene rings is 4. The maximum atomic E-state index is 2.48. The zero-order chi connectivity index (χ0) is 25.3. The van der Waals surface area contributed by atoms with Crippen molar-refractivity contribution in [2.75, 3.05) is 0 Å². The van der Waals surface area contributed by atoms with Gasteiger partial charge in [0.2, 0.25) is 0 Å². The van der Waals surface area contributed by atoms with Gasteiger partial charge in [0.05, 0.1) is 0 Å².